The Labute approximate surface area is 163 Å². The van der Waals surface area contributed by atoms with Crippen LogP contribution in [0.15, 0.2) is 35.2 Å². The van der Waals surface area contributed by atoms with Crippen LogP contribution in [-0.4, -0.2) is 26.7 Å². The molecule has 4 rings (SSSR count). The molecule has 6 heteroatoms. The summed E-state index contributed by atoms with van der Waals surface area (Å²) in [6, 6.07) is 7.68. The van der Waals surface area contributed by atoms with Crippen molar-refractivity contribution in [2.45, 2.75) is 58.0 Å². The largest absolute Gasteiger partial charge is 0.445 e. The van der Waals surface area contributed by atoms with Gasteiger partial charge in [-0.3, -0.25) is 0 Å². The lowest BCUT2D eigenvalue weighted by Crippen LogP contribution is -2.30. The molecule has 0 N–H and O–H groups in total. The van der Waals surface area contributed by atoms with Gasteiger partial charge in [-0.25, -0.2) is 19.3 Å². The molecular weight excluding hydrogens is 358 g/mol. The molecule has 2 heterocycles. The fourth-order valence-electron chi connectivity index (χ4n) is 4.07. The van der Waals surface area contributed by atoms with Gasteiger partial charge >= 0.3 is 6.09 Å². The van der Waals surface area contributed by atoms with E-state index in [1.165, 1.54) is 30.6 Å². The molecule has 1 fully saturated rings. The van der Waals surface area contributed by atoms with Gasteiger partial charge in [0.25, 0.3) is 0 Å². The zero-order valence-electron chi connectivity index (χ0n) is 15.6. The summed E-state index contributed by atoms with van der Waals surface area (Å²) in [6.45, 7) is 2.15. The lowest BCUT2D eigenvalue weighted by atomic mass is 9.84. The number of carbonyl (C=O) groups excluding carboxylic acids is 1. The summed E-state index contributed by atoms with van der Waals surface area (Å²) in [5.74, 6) is 1.03. The van der Waals surface area contributed by atoms with Crippen LogP contribution in [-0.2, 0) is 4.74 Å². The fraction of sp³-hybridized carbons (Fsp3) is 0.476. The van der Waals surface area contributed by atoms with E-state index in [1.807, 2.05) is 29.6 Å². The predicted octanol–water partition coefficient (Wildman–Crippen LogP) is 5.89. The van der Waals surface area contributed by atoms with Gasteiger partial charge in [-0.15, -0.1) is 11.3 Å². The van der Waals surface area contributed by atoms with E-state index in [4.69, 9.17) is 4.74 Å². The van der Waals surface area contributed by atoms with E-state index in [-0.39, 0.29) is 12.2 Å². The minimum atomic E-state index is -0.337. The van der Waals surface area contributed by atoms with Crippen molar-refractivity contribution in [2.75, 3.05) is 0 Å². The molecule has 142 valence electrons. The van der Waals surface area contributed by atoms with Gasteiger partial charge in [-0.05, 0) is 37.3 Å². The number of carbonyl (C=O) groups is 1. The Balaban J connectivity index is 1.67. The monoisotopic (exact) mass is 383 g/mol. The van der Waals surface area contributed by atoms with Crippen molar-refractivity contribution in [3.8, 4) is 11.5 Å². The number of ether oxygens (including phenoxy) is 1. The molecule has 3 aromatic rings. The van der Waals surface area contributed by atoms with E-state index in [2.05, 4.69) is 16.9 Å². The van der Waals surface area contributed by atoms with Crippen molar-refractivity contribution >= 4 is 28.5 Å². The number of benzene rings is 1. The lowest BCUT2D eigenvalue weighted by molar-refractivity contribution is 0.0439. The molecule has 0 bridgehead atoms. The van der Waals surface area contributed by atoms with Crippen LogP contribution in [0.3, 0.4) is 0 Å². The quantitative estimate of drug-likeness (QED) is 0.551. The third-order valence-electron chi connectivity index (χ3n) is 5.41. The average molecular weight is 384 g/mol. The van der Waals surface area contributed by atoms with Crippen LogP contribution in [0.25, 0.3) is 22.6 Å². The minimum Gasteiger partial charge on any atom is -0.445 e. The second-order valence-electron chi connectivity index (χ2n) is 7.24. The van der Waals surface area contributed by atoms with Crippen molar-refractivity contribution in [3.05, 3.63) is 35.2 Å². The molecule has 0 spiro atoms. The topological polar surface area (TPSA) is 57.0 Å². The summed E-state index contributed by atoms with van der Waals surface area (Å²) in [5.41, 5.74) is 4.01. The van der Waals surface area contributed by atoms with Crippen molar-refractivity contribution in [3.63, 3.8) is 0 Å². The molecule has 1 saturated carbocycles. The molecule has 1 atom stereocenters. The van der Waals surface area contributed by atoms with Crippen LogP contribution in [0.1, 0.15) is 51.9 Å². The van der Waals surface area contributed by atoms with Gasteiger partial charge in [-0.2, -0.15) is 0 Å². The first kappa shape index (κ1) is 18.2. The summed E-state index contributed by atoms with van der Waals surface area (Å²) in [4.78, 5) is 22.2. The maximum absolute atomic E-state index is 13.2. The van der Waals surface area contributed by atoms with Gasteiger partial charge in [-0.1, -0.05) is 44.7 Å². The Kier molecular flexibility index (Phi) is 5.53. The molecule has 1 aliphatic carbocycles. The first-order valence-corrected chi connectivity index (χ1v) is 10.8. The molecule has 5 nitrogen and oxygen atoms in total. The zero-order valence-corrected chi connectivity index (χ0v) is 16.5. The van der Waals surface area contributed by atoms with Crippen LogP contribution in [0, 0.1) is 5.92 Å². The number of nitrogens with zero attached hydrogens (tertiary/aromatic N) is 3. The standard InChI is InChI=1S/C21H25N3O2S/c1-2-8-19(15-9-4-3-5-10-15)26-21(25)24-18-12-7-6-11-16(18)23-20(24)17-13-27-14-22-17/h6-7,11-15,19H,2-5,8-10H2,1H3. The molecule has 1 aliphatic rings. The number of thiazole rings is 1. The summed E-state index contributed by atoms with van der Waals surface area (Å²) < 4.78 is 7.67. The van der Waals surface area contributed by atoms with E-state index in [0.29, 0.717) is 17.4 Å². The summed E-state index contributed by atoms with van der Waals surface area (Å²) in [5, 5.41) is 1.91. The number of para-hydroxylation sites is 2. The third kappa shape index (κ3) is 3.76. The van der Waals surface area contributed by atoms with E-state index in [9.17, 15) is 4.79 Å². The highest BCUT2D eigenvalue weighted by Gasteiger charge is 2.28. The Morgan fingerprint density at radius 1 is 1.30 bits per heavy atom. The normalized spacial score (nSPS) is 16.5. The Bertz CT molecular complexity index is 897. The zero-order chi connectivity index (χ0) is 18.6. The van der Waals surface area contributed by atoms with Crippen LogP contribution >= 0.6 is 11.3 Å². The second-order valence-corrected chi connectivity index (χ2v) is 7.96. The number of hydrogen-bond acceptors (Lipinski definition) is 5. The van der Waals surface area contributed by atoms with Crippen LogP contribution < -0.4 is 0 Å². The van der Waals surface area contributed by atoms with Gasteiger partial charge in [0.2, 0.25) is 0 Å². The van der Waals surface area contributed by atoms with Crippen molar-refractivity contribution in [1.29, 1.82) is 0 Å². The number of imidazole rings is 1. The van der Waals surface area contributed by atoms with Gasteiger partial charge in [0.05, 0.1) is 16.5 Å². The Morgan fingerprint density at radius 3 is 2.85 bits per heavy atom. The number of hydrogen-bond donors (Lipinski definition) is 0. The Hall–Kier alpha value is -2.21. The Morgan fingerprint density at radius 2 is 2.11 bits per heavy atom. The number of rotatable bonds is 5. The fourth-order valence-corrected chi connectivity index (χ4v) is 4.60. The van der Waals surface area contributed by atoms with Gasteiger partial charge in [0, 0.05) is 5.38 Å². The van der Waals surface area contributed by atoms with Gasteiger partial charge < -0.3 is 4.74 Å². The maximum Gasteiger partial charge on any atom is 0.420 e. The van der Waals surface area contributed by atoms with E-state index >= 15 is 0 Å². The van der Waals surface area contributed by atoms with Gasteiger partial charge in [0.15, 0.2) is 5.82 Å². The smallest absolute Gasteiger partial charge is 0.420 e. The lowest BCUT2D eigenvalue weighted by Gasteiger charge is -2.30. The molecule has 0 aliphatic heterocycles. The molecule has 1 unspecified atom stereocenters. The molecule has 0 radical (unpaired) electrons. The molecule has 2 aromatic heterocycles. The van der Waals surface area contributed by atoms with Crippen LogP contribution in [0.4, 0.5) is 4.79 Å². The van der Waals surface area contributed by atoms with Crippen LogP contribution in [0.2, 0.25) is 0 Å². The molecule has 0 amide bonds. The first-order chi connectivity index (χ1) is 13.3. The highest BCUT2D eigenvalue weighted by Crippen LogP contribution is 2.31. The van der Waals surface area contributed by atoms with Gasteiger partial charge in [0.1, 0.15) is 11.8 Å². The highest BCUT2D eigenvalue weighted by atomic mass is 32.1. The average Bonchev–Trinajstić information content (AvgIpc) is 3.35. The summed E-state index contributed by atoms with van der Waals surface area (Å²) in [7, 11) is 0. The van der Waals surface area contributed by atoms with E-state index in [0.717, 1.165) is 36.7 Å². The molecule has 0 saturated heterocycles. The first-order valence-electron chi connectivity index (χ1n) is 9.85. The predicted molar refractivity (Wildman–Crippen MR) is 108 cm³/mol. The molecule has 27 heavy (non-hydrogen) atoms. The minimum absolute atomic E-state index is 0.0211. The van der Waals surface area contributed by atoms with Crippen molar-refractivity contribution in [1.82, 2.24) is 14.5 Å². The molecule has 1 aromatic carbocycles. The third-order valence-corrected chi connectivity index (χ3v) is 5.99. The van der Waals surface area contributed by atoms with Crippen LogP contribution in [0.5, 0.6) is 0 Å². The SMILES string of the molecule is CCCC(OC(=O)n1c(-c2cscn2)nc2ccccc21)C1CCCCC1. The number of aromatic nitrogens is 3. The maximum atomic E-state index is 13.2. The van der Waals surface area contributed by atoms with E-state index in [1.54, 1.807) is 10.1 Å². The second kappa shape index (κ2) is 8.21. The summed E-state index contributed by atoms with van der Waals surface area (Å²) in [6.07, 6.45) is 7.64. The van der Waals surface area contributed by atoms with E-state index < -0.39 is 0 Å². The summed E-state index contributed by atoms with van der Waals surface area (Å²) >= 11 is 1.49. The van der Waals surface area contributed by atoms with Crippen molar-refractivity contribution in [2.24, 2.45) is 5.92 Å². The molecular formula is C21H25N3O2S. The highest BCUT2D eigenvalue weighted by molar-refractivity contribution is 7.07. The number of fused-ring (bicyclic) bond motifs is 1. The van der Waals surface area contributed by atoms with Crippen molar-refractivity contribution < 1.29 is 9.53 Å².